The van der Waals surface area contributed by atoms with Crippen molar-refractivity contribution in [3.63, 3.8) is 0 Å². The highest BCUT2D eigenvalue weighted by Crippen LogP contribution is 2.38. The third-order valence-electron chi connectivity index (χ3n) is 5.78. The lowest BCUT2D eigenvalue weighted by Gasteiger charge is -2.27. The summed E-state index contributed by atoms with van der Waals surface area (Å²) in [5.74, 6) is -0.106. The fourth-order valence-corrected chi connectivity index (χ4v) is 5.38. The van der Waals surface area contributed by atoms with Gasteiger partial charge >= 0.3 is 5.97 Å². The van der Waals surface area contributed by atoms with Crippen molar-refractivity contribution in [3.8, 4) is 5.75 Å². The van der Waals surface area contributed by atoms with Crippen LogP contribution in [0, 0.1) is 10.1 Å². The lowest BCUT2D eigenvalue weighted by Crippen LogP contribution is -2.40. The van der Waals surface area contributed by atoms with Crippen molar-refractivity contribution in [2.45, 2.75) is 32.7 Å². The van der Waals surface area contributed by atoms with Gasteiger partial charge < -0.3 is 9.47 Å². The van der Waals surface area contributed by atoms with E-state index in [9.17, 15) is 19.7 Å². The molecule has 0 saturated carbocycles. The fraction of sp³-hybridized carbons (Fsp3) is 0.269. The first-order valence-electron chi connectivity index (χ1n) is 11.6. The molecule has 37 heavy (non-hydrogen) atoms. The Bertz CT molecular complexity index is 1570. The van der Waals surface area contributed by atoms with Crippen molar-refractivity contribution >= 4 is 40.7 Å². The van der Waals surface area contributed by atoms with Crippen LogP contribution in [0.15, 0.2) is 63.5 Å². The van der Waals surface area contributed by atoms with E-state index in [2.05, 4.69) is 0 Å². The van der Waals surface area contributed by atoms with Crippen molar-refractivity contribution < 1.29 is 19.2 Å². The summed E-state index contributed by atoms with van der Waals surface area (Å²) in [4.78, 5) is 42.7. The number of nitro groups is 1. The maximum absolute atomic E-state index is 13.8. The van der Waals surface area contributed by atoms with E-state index in [0.717, 1.165) is 6.42 Å². The van der Waals surface area contributed by atoms with Crippen LogP contribution in [0.3, 0.4) is 0 Å². The van der Waals surface area contributed by atoms with Gasteiger partial charge in [0.25, 0.3) is 11.2 Å². The van der Waals surface area contributed by atoms with Crippen LogP contribution in [0.2, 0.25) is 5.02 Å². The Morgan fingerprint density at radius 1 is 1.24 bits per heavy atom. The summed E-state index contributed by atoms with van der Waals surface area (Å²) in [6, 6.07) is 10.1. The Balaban J connectivity index is 2.01. The number of aromatic nitrogens is 1. The van der Waals surface area contributed by atoms with E-state index in [1.807, 2.05) is 6.92 Å². The molecule has 0 aliphatic carbocycles. The largest absolute Gasteiger partial charge is 0.496 e. The van der Waals surface area contributed by atoms with Crippen LogP contribution in [-0.2, 0) is 9.53 Å². The van der Waals surface area contributed by atoms with Crippen molar-refractivity contribution in [1.29, 1.82) is 0 Å². The molecule has 1 aromatic heterocycles. The molecule has 0 saturated heterocycles. The number of nitrogens with zero attached hydrogens (tertiary/aromatic N) is 3. The van der Waals surface area contributed by atoms with Crippen LogP contribution in [0.4, 0.5) is 5.69 Å². The number of nitro benzene ring substituents is 1. The van der Waals surface area contributed by atoms with Crippen molar-refractivity contribution in [2.24, 2.45) is 4.99 Å². The van der Waals surface area contributed by atoms with Crippen LogP contribution in [0.25, 0.3) is 6.08 Å². The number of benzene rings is 2. The number of ether oxygens (including phenoxy) is 2. The molecule has 2 aromatic carbocycles. The monoisotopic (exact) mass is 541 g/mol. The average Bonchev–Trinajstić information content (AvgIpc) is 3.18. The van der Waals surface area contributed by atoms with Gasteiger partial charge in [-0.1, -0.05) is 36.3 Å². The summed E-state index contributed by atoms with van der Waals surface area (Å²) < 4.78 is 12.8. The number of thiazole rings is 1. The number of carbonyl (C=O) groups is 1. The van der Waals surface area contributed by atoms with E-state index in [0.29, 0.717) is 43.4 Å². The first-order chi connectivity index (χ1) is 17.8. The molecule has 0 bridgehead atoms. The van der Waals surface area contributed by atoms with E-state index >= 15 is 0 Å². The Morgan fingerprint density at radius 2 is 1.97 bits per heavy atom. The number of halogens is 1. The lowest BCUT2D eigenvalue weighted by molar-refractivity contribution is -0.384. The topological polar surface area (TPSA) is 113 Å². The Kier molecular flexibility index (Phi) is 7.89. The molecule has 1 atom stereocenters. The van der Waals surface area contributed by atoms with E-state index < -0.39 is 16.9 Å². The van der Waals surface area contributed by atoms with E-state index in [1.54, 1.807) is 43.3 Å². The normalized spacial score (nSPS) is 15.2. The van der Waals surface area contributed by atoms with Gasteiger partial charge in [0, 0.05) is 22.7 Å². The molecule has 0 unspecified atom stereocenters. The first kappa shape index (κ1) is 26.3. The molecule has 11 heteroatoms. The third-order valence-corrected chi connectivity index (χ3v) is 7.00. The average molecular weight is 542 g/mol. The molecule has 1 aliphatic rings. The van der Waals surface area contributed by atoms with Crippen molar-refractivity contribution in [3.05, 3.63) is 99.7 Å². The molecular weight excluding hydrogens is 518 g/mol. The highest BCUT2D eigenvalue weighted by Gasteiger charge is 2.36. The molecule has 3 aromatic rings. The minimum atomic E-state index is -0.871. The van der Waals surface area contributed by atoms with Gasteiger partial charge in [0.1, 0.15) is 11.8 Å². The lowest BCUT2D eigenvalue weighted by atomic mass is 9.93. The van der Waals surface area contributed by atoms with Crippen LogP contribution < -0.4 is 19.6 Å². The van der Waals surface area contributed by atoms with Crippen LogP contribution in [0.1, 0.15) is 43.9 Å². The predicted octanol–water partition coefficient (Wildman–Crippen LogP) is 4.15. The predicted molar refractivity (Wildman–Crippen MR) is 141 cm³/mol. The quantitative estimate of drug-likeness (QED) is 0.240. The summed E-state index contributed by atoms with van der Waals surface area (Å²) in [6.45, 7) is 3.85. The zero-order valence-electron chi connectivity index (χ0n) is 20.4. The van der Waals surface area contributed by atoms with Crippen LogP contribution in [0.5, 0.6) is 5.75 Å². The van der Waals surface area contributed by atoms with Gasteiger partial charge in [0.05, 0.1) is 34.4 Å². The van der Waals surface area contributed by atoms with Crippen molar-refractivity contribution in [2.75, 3.05) is 13.7 Å². The summed E-state index contributed by atoms with van der Waals surface area (Å²) >= 11 is 7.52. The minimum Gasteiger partial charge on any atom is -0.496 e. The zero-order chi connectivity index (χ0) is 26.7. The maximum Gasteiger partial charge on any atom is 0.338 e. The smallest absolute Gasteiger partial charge is 0.338 e. The summed E-state index contributed by atoms with van der Waals surface area (Å²) in [5.41, 5.74) is 1.53. The molecule has 9 nitrogen and oxygen atoms in total. The second-order valence-electron chi connectivity index (χ2n) is 8.15. The second kappa shape index (κ2) is 11.1. The van der Waals surface area contributed by atoms with Crippen LogP contribution >= 0.6 is 22.9 Å². The number of rotatable bonds is 8. The highest BCUT2D eigenvalue weighted by molar-refractivity contribution is 7.07. The molecule has 0 fully saturated rings. The van der Waals surface area contributed by atoms with Gasteiger partial charge in [-0.25, -0.2) is 9.79 Å². The van der Waals surface area contributed by atoms with E-state index in [1.165, 1.54) is 35.1 Å². The molecule has 0 amide bonds. The van der Waals surface area contributed by atoms with E-state index in [-0.39, 0.29) is 23.4 Å². The van der Waals surface area contributed by atoms with Gasteiger partial charge in [0.2, 0.25) is 0 Å². The summed E-state index contributed by atoms with van der Waals surface area (Å²) in [5, 5.41) is 11.4. The molecule has 0 N–H and O–H groups in total. The molecule has 2 heterocycles. The first-order valence-corrected chi connectivity index (χ1v) is 12.8. The van der Waals surface area contributed by atoms with Gasteiger partial charge in [-0.15, -0.1) is 0 Å². The molecule has 192 valence electrons. The minimum absolute atomic E-state index is 0.0463. The van der Waals surface area contributed by atoms with Crippen molar-refractivity contribution in [1.82, 2.24) is 4.57 Å². The Hall–Kier alpha value is -3.76. The second-order valence-corrected chi connectivity index (χ2v) is 9.59. The Labute approximate surface area is 221 Å². The number of hydrogen-bond donors (Lipinski definition) is 0. The van der Waals surface area contributed by atoms with Gasteiger partial charge in [0.15, 0.2) is 4.80 Å². The number of methoxy groups -OCH3 is 1. The number of hydrogen-bond acceptors (Lipinski definition) is 8. The van der Waals surface area contributed by atoms with Gasteiger partial charge in [-0.2, -0.15) is 0 Å². The van der Waals surface area contributed by atoms with Crippen LogP contribution in [-0.4, -0.2) is 29.2 Å². The number of esters is 1. The molecular formula is C26H24ClN3O6S. The number of fused-ring (bicyclic) bond motifs is 1. The number of allylic oxidation sites excluding steroid dienone is 1. The fourth-order valence-electron chi connectivity index (χ4n) is 4.18. The molecule has 4 rings (SSSR count). The third kappa shape index (κ3) is 5.21. The Morgan fingerprint density at radius 3 is 2.59 bits per heavy atom. The summed E-state index contributed by atoms with van der Waals surface area (Å²) in [7, 11) is 1.51. The number of non-ortho nitro benzene ring substituents is 1. The van der Waals surface area contributed by atoms with E-state index in [4.69, 9.17) is 26.1 Å². The number of carbonyl (C=O) groups excluding carboxylic acids is 1. The zero-order valence-corrected chi connectivity index (χ0v) is 22.0. The summed E-state index contributed by atoms with van der Waals surface area (Å²) in [6.07, 6.45) is 2.87. The highest BCUT2D eigenvalue weighted by atomic mass is 35.5. The maximum atomic E-state index is 13.8. The molecule has 0 spiro atoms. The van der Waals surface area contributed by atoms with Gasteiger partial charge in [-0.3, -0.25) is 19.5 Å². The van der Waals surface area contributed by atoms with Gasteiger partial charge in [-0.05, 0) is 55.3 Å². The molecule has 1 aliphatic heterocycles. The standard InChI is InChI=1S/C26H24ClN3O6S/c1-4-6-19-22(25(32)36-5-2)23(18-14-16(27)9-12-20(18)35-3)29-24(31)21(37-26(29)28-19)13-15-7-10-17(11-8-15)30(33)34/h7-14,23H,4-6H2,1-3H3/b21-13+/t23-/m0/s1. The SMILES string of the molecule is CCCC1=C(C(=O)OCC)[C@H](c2cc(Cl)ccc2OC)n2c(s/c(=C/c3ccc([N+](=O)[O-])cc3)c2=O)=N1. The molecule has 0 radical (unpaired) electrons.